The van der Waals surface area contributed by atoms with Crippen LogP contribution in [0, 0.1) is 0 Å². The zero-order valence-electron chi connectivity index (χ0n) is 24.6. The molecule has 3 heterocycles. The Bertz CT molecular complexity index is 1760. The molecule has 1 aliphatic rings. The number of hydrogen-bond donors (Lipinski definition) is 3. The number of piperazine rings is 1. The largest absolute Gasteiger partial charge is 0.337 e. The van der Waals surface area contributed by atoms with Gasteiger partial charge in [-0.1, -0.05) is 45.0 Å². The van der Waals surface area contributed by atoms with Crippen molar-refractivity contribution >= 4 is 34.7 Å². The molecule has 0 aliphatic carbocycles. The van der Waals surface area contributed by atoms with Gasteiger partial charge < -0.3 is 25.3 Å². The molecule has 3 N–H and O–H groups in total. The minimum absolute atomic E-state index is 0.0217. The fourth-order valence-electron chi connectivity index (χ4n) is 5.12. The summed E-state index contributed by atoms with van der Waals surface area (Å²) in [7, 11) is 0. The van der Waals surface area contributed by atoms with Crippen molar-refractivity contribution in [3.63, 3.8) is 0 Å². The number of nitrogens with zero attached hydrogens (tertiary/aromatic N) is 4. The molecule has 0 spiro atoms. The monoisotopic (exact) mass is 573 g/mol. The molecule has 0 radical (unpaired) electrons. The Morgan fingerprint density at radius 1 is 0.884 bits per heavy atom. The highest BCUT2D eigenvalue weighted by Gasteiger charge is 2.18. The lowest BCUT2D eigenvalue weighted by Crippen LogP contribution is -2.46. The lowest BCUT2D eigenvalue weighted by molar-refractivity contribution is 0.0735. The van der Waals surface area contributed by atoms with E-state index in [0.29, 0.717) is 47.1 Å². The Kier molecular flexibility index (Phi) is 7.65. The van der Waals surface area contributed by atoms with E-state index in [9.17, 15) is 9.59 Å². The minimum atomic E-state index is -0.170. The molecule has 1 saturated heterocycles. The van der Waals surface area contributed by atoms with Crippen molar-refractivity contribution < 1.29 is 9.59 Å². The van der Waals surface area contributed by atoms with Crippen LogP contribution < -0.4 is 16.0 Å². The summed E-state index contributed by atoms with van der Waals surface area (Å²) in [5.74, 6) is 0.451. The van der Waals surface area contributed by atoms with E-state index in [1.165, 1.54) is 5.56 Å². The van der Waals surface area contributed by atoms with Gasteiger partial charge in [0.05, 0.1) is 5.69 Å². The summed E-state index contributed by atoms with van der Waals surface area (Å²) in [5.41, 5.74) is 6.16. The first-order chi connectivity index (χ1) is 20.7. The van der Waals surface area contributed by atoms with E-state index in [0.717, 1.165) is 24.3 Å². The van der Waals surface area contributed by atoms with E-state index in [4.69, 9.17) is 4.98 Å². The predicted octanol–water partition coefficient (Wildman–Crippen LogP) is 5.74. The topological polar surface area (TPSA) is 104 Å². The summed E-state index contributed by atoms with van der Waals surface area (Å²) in [6.45, 7) is 9.50. The number of rotatable bonds is 6. The smallest absolute Gasteiger partial charge is 0.255 e. The Morgan fingerprint density at radius 2 is 1.60 bits per heavy atom. The van der Waals surface area contributed by atoms with E-state index >= 15 is 0 Å². The van der Waals surface area contributed by atoms with Crippen molar-refractivity contribution in [2.45, 2.75) is 26.2 Å². The maximum Gasteiger partial charge on any atom is 0.255 e. The minimum Gasteiger partial charge on any atom is -0.337 e. The van der Waals surface area contributed by atoms with Gasteiger partial charge in [0.1, 0.15) is 0 Å². The van der Waals surface area contributed by atoms with Gasteiger partial charge in [-0.25, -0.2) is 9.97 Å². The van der Waals surface area contributed by atoms with Crippen LogP contribution in [-0.2, 0) is 5.41 Å². The molecule has 2 amide bonds. The molecule has 43 heavy (non-hydrogen) atoms. The van der Waals surface area contributed by atoms with Gasteiger partial charge in [-0.15, -0.1) is 0 Å². The molecule has 0 bridgehead atoms. The van der Waals surface area contributed by atoms with Crippen LogP contribution in [0.5, 0.6) is 0 Å². The van der Waals surface area contributed by atoms with E-state index < -0.39 is 0 Å². The van der Waals surface area contributed by atoms with E-state index in [1.54, 1.807) is 6.20 Å². The lowest BCUT2D eigenvalue weighted by atomic mass is 9.87. The Morgan fingerprint density at radius 3 is 2.33 bits per heavy atom. The van der Waals surface area contributed by atoms with Gasteiger partial charge in [0.25, 0.3) is 11.8 Å². The predicted molar refractivity (Wildman–Crippen MR) is 170 cm³/mol. The number of fused-ring (bicyclic) bond motifs is 1. The van der Waals surface area contributed by atoms with Gasteiger partial charge in [0.2, 0.25) is 0 Å². The van der Waals surface area contributed by atoms with E-state index in [1.807, 2.05) is 94.5 Å². The van der Waals surface area contributed by atoms with Gasteiger partial charge in [-0.3, -0.25) is 9.59 Å². The van der Waals surface area contributed by atoms with Crippen molar-refractivity contribution in [2.24, 2.45) is 0 Å². The highest BCUT2D eigenvalue weighted by atomic mass is 16.2. The number of aromatic nitrogens is 3. The van der Waals surface area contributed by atoms with Crippen LogP contribution in [0.25, 0.3) is 16.9 Å². The molecule has 2 aromatic heterocycles. The third-order valence-corrected chi connectivity index (χ3v) is 7.60. The van der Waals surface area contributed by atoms with Crippen LogP contribution in [0.1, 0.15) is 47.1 Å². The molecule has 0 saturated carbocycles. The number of carbonyl (C=O) groups is 2. The SMILES string of the molecule is CC(C)(C)c1ccc(C(=O)Nc2cccc(-c3cn4ccnc4c(Nc4ccc(C(=O)N5CCNCC5)cc4)n3)c2)cc1. The van der Waals surface area contributed by atoms with Crippen LogP contribution in [-0.4, -0.2) is 57.3 Å². The van der Waals surface area contributed by atoms with Crippen LogP contribution in [0.2, 0.25) is 0 Å². The average molecular weight is 574 g/mol. The highest BCUT2D eigenvalue weighted by Crippen LogP contribution is 2.27. The molecule has 1 aliphatic heterocycles. The molecule has 9 nitrogen and oxygen atoms in total. The van der Waals surface area contributed by atoms with Gasteiger partial charge in [0, 0.05) is 72.8 Å². The van der Waals surface area contributed by atoms with E-state index in [2.05, 4.69) is 41.7 Å². The summed E-state index contributed by atoms with van der Waals surface area (Å²) in [4.78, 5) is 37.1. The number of hydrogen-bond acceptors (Lipinski definition) is 6. The summed E-state index contributed by atoms with van der Waals surface area (Å²) in [6, 6.07) is 22.8. The molecule has 0 atom stereocenters. The third-order valence-electron chi connectivity index (χ3n) is 7.60. The molecule has 218 valence electrons. The second-order valence-corrected chi connectivity index (χ2v) is 11.7. The van der Waals surface area contributed by atoms with Crippen LogP contribution >= 0.6 is 0 Å². The van der Waals surface area contributed by atoms with Gasteiger partial charge in [-0.2, -0.15) is 0 Å². The van der Waals surface area contributed by atoms with Crippen molar-refractivity contribution in [1.82, 2.24) is 24.6 Å². The summed E-state index contributed by atoms with van der Waals surface area (Å²) >= 11 is 0. The fourth-order valence-corrected chi connectivity index (χ4v) is 5.12. The molecular weight excluding hydrogens is 538 g/mol. The molecular formula is C34H35N7O2. The quantitative estimate of drug-likeness (QED) is 0.240. The highest BCUT2D eigenvalue weighted by molar-refractivity contribution is 6.04. The number of nitrogens with one attached hydrogen (secondary N) is 3. The maximum atomic E-state index is 13.0. The first-order valence-electron chi connectivity index (χ1n) is 14.5. The molecule has 3 aromatic carbocycles. The van der Waals surface area contributed by atoms with Gasteiger partial charge >= 0.3 is 0 Å². The van der Waals surface area contributed by atoms with Crippen molar-refractivity contribution in [1.29, 1.82) is 0 Å². The van der Waals surface area contributed by atoms with Crippen LogP contribution in [0.3, 0.4) is 0 Å². The van der Waals surface area contributed by atoms with Crippen LogP contribution in [0.15, 0.2) is 91.4 Å². The molecule has 6 rings (SSSR count). The number of imidazole rings is 1. The Balaban J connectivity index is 1.21. The average Bonchev–Trinajstić information content (AvgIpc) is 3.51. The van der Waals surface area contributed by atoms with Crippen LogP contribution in [0.4, 0.5) is 17.2 Å². The first kappa shape index (κ1) is 28.1. The number of anilines is 3. The van der Waals surface area contributed by atoms with Gasteiger partial charge in [-0.05, 0) is 59.5 Å². The zero-order chi connectivity index (χ0) is 30.0. The van der Waals surface area contributed by atoms with Crippen molar-refractivity contribution in [3.05, 3.63) is 108 Å². The van der Waals surface area contributed by atoms with Crippen molar-refractivity contribution in [3.8, 4) is 11.3 Å². The zero-order valence-corrected chi connectivity index (χ0v) is 24.6. The Hall–Kier alpha value is -5.02. The maximum absolute atomic E-state index is 13.0. The van der Waals surface area contributed by atoms with E-state index in [-0.39, 0.29) is 17.2 Å². The molecule has 5 aromatic rings. The second kappa shape index (κ2) is 11.7. The molecule has 9 heteroatoms. The second-order valence-electron chi connectivity index (χ2n) is 11.7. The number of amides is 2. The molecule has 1 fully saturated rings. The standard InChI is InChI=1S/C34H35N7O2/c1-34(2,3)26-11-7-23(8-12-26)32(42)38-28-6-4-5-25(21-28)29-22-41-20-17-36-31(41)30(39-29)37-27-13-9-24(10-14-27)33(43)40-18-15-35-16-19-40/h4-14,17,20-22,35H,15-16,18-19H2,1-3H3,(H,37,39)(H,38,42). The summed E-state index contributed by atoms with van der Waals surface area (Å²) in [5, 5.41) is 9.66. The van der Waals surface area contributed by atoms with Crippen molar-refractivity contribution in [2.75, 3.05) is 36.8 Å². The lowest BCUT2D eigenvalue weighted by Gasteiger charge is -2.27. The normalized spacial score (nSPS) is 13.6. The fraction of sp³-hybridized carbons (Fsp3) is 0.235. The summed E-state index contributed by atoms with van der Waals surface area (Å²) < 4.78 is 1.91. The Labute approximate surface area is 251 Å². The number of carbonyl (C=O) groups excluding carboxylic acids is 2. The summed E-state index contributed by atoms with van der Waals surface area (Å²) in [6.07, 6.45) is 5.51. The van der Waals surface area contributed by atoms with Gasteiger partial charge in [0.15, 0.2) is 11.5 Å². The molecule has 0 unspecified atom stereocenters. The third kappa shape index (κ3) is 6.27. The first-order valence-corrected chi connectivity index (χ1v) is 14.5. The number of benzene rings is 3.